The minimum absolute atomic E-state index is 0.163. The lowest BCUT2D eigenvalue weighted by atomic mass is 9.92. The molecule has 0 aliphatic heterocycles. The van der Waals surface area contributed by atoms with Crippen molar-refractivity contribution in [2.24, 2.45) is 5.41 Å². The lowest BCUT2D eigenvalue weighted by Gasteiger charge is -2.17. The van der Waals surface area contributed by atoms with Crippen molar-refractivity contribution in [1.29, 1.82) is 0 Å². The van der Waals surface area contributed by atoms with Crippen molar-refractivity contribution < 1.29 is 9.53 Å². The van der Waals surface area contributed by atoms with Gasteiger partial charge >= 0.3 is 0 Å². The van der Waals surface area contributed by atoms with E-state index in [1.54, 1.807) is 7.11 Å². The molecule has 2 rings (SSSR count). The number of carbonyl (C=O) groups is 1. The van der Waals surface area contributed by atoms with E-state index in [2.05, 4.69) is 19.2 Å². The van der Waals surface area contributed by atoms with Gasteiger partial charge in [-0.2, -0.15) is 0 Å². The topological polar surface area (TPSA) is 38.3 Å². The van der Waals surface area contributed by atoms with Crippen molar-refractivity contribution in [3.8, 4) is 5.75 Å². The van der Waals surface area contributed by atoms with Crippen LogP contribution in [0.5, 0.6) is 5.75 Å². The van der Waals surface area contributed by atoms with Crippen LogP contribution in [0, 0.1) is 5.41 Å². The van der Waals surface area contributed by atoms with Gasteiger partial charge in [-0.15, -0.1) is 0 Å². The highest BCUT2D eigenvalue weighted by molar-refractivity contribution is 5.76. The number of carbonyl (C=O) groups excluding carboxylic acids is 1. The summed E-state index contributed by atoms with van der Waals surface area (Å²) in [5.41, 5.74) is 1.52. The predicted octanol–water partition coefficient (Wildman–Crippen LogP) is 3.32. The Balaban J connectivity index is 1.77. The van der Waals surface area contributed by atoms with Crippen LogP contribution in [0.3, 0.4) is 0 Å². The highest BCUT2D eigenvalue weighted by atomic mass is 16.5. The molecule has 3 heteroatoms. The second kappa shape index (κ2) is 6.29. The third kappa shape index (κ3) is 4.26. The van der Waals surface area contributed by atoms with Crippen molar-refractivity contribution in [3.05, 3.63) is 29.8 Å². The number of nitrogens with one attached hydrogen (secondary N) is 1. The Hall–Kier alpha value is -1.51. The number of aryl methyl sites for hydroxylation is 1. The predicted molar refractivity (Wildman–Crippen MR) is 80.9 cm³/mol. The zero-order valence-corrected chi connectivity index (χ0v) is 12.7. The van der Waals surface area contributed by atoms with Crippen molar-refractivity contribution in [2.75, 3.05) is 7.11 Å². The molecule has 1 atom stereocenters. The molecule has 1 aromatic carbocycles. The number of ether oxygens (including phenoxy) is 1. The average molecular weight is 275 g/mol. The highest BCUT2D eigenvalue weighted by Crippen LogP contribution is 2.36. The van der Waals surface area contributed by atoms with Crippen LogP contribution in [0.4, 0.5) is 0 Å². The minimum atomic E-state index is 0.163. The second-order valence-corrected chi connectivity index (χ2v) is 6.52. The van der Waals surface area contributed by atoms with E-state index in [-0.39, 0.29) is 5.91 Å². The highest BCUT2D eigenvalue weighted by Gasteiger charge is 2.31. The summed E-state index contributed by atoms with van der Waals surface area (Å²) in [6.07, 6.45) is 4.72. The molecule has 0 heterocycles. The molecule has 1 aromatic rings. The molecule has 1 amide bonds. The maximum Gasteiger partial charge on any atom is 0.220 e. The first kappa shape index (κ1) is 14.9. The molecule has 20 heavy (non-hydrogen) atoms. The summed E-state index contributed by atoms with van der Waals surface area (Å²) in [7, 11) is 1.66. The van der Waals surface area contributed by atoms with Crippen LogP contribution in [0.15, 0.2) is 24.3 Å². The standard InChI is InChI=1S/C17H25NO2/c1-17(2)10-9-14(12-17)18-16(19)8-7-13-5-4-6-15(11-13)20-3/h4-6,11,14H,7-10,12H2,1-3H3,(H,18,19). The Morgan fingerprint density at radius 1 is 1.45 bits per heavy atom. The van der Waals surface area contributed by atoms with Gasteiger partial charge in [0.2, 0.25) is 5.91 Å². The van der Waals surface area contributed by atoms with Gasteiger partial charge in [0.05, 0.1) is 7.11 Å². The molecule has 0 saturated heterocycles. The fraction of sp³-hybridized carbons (Fsp3) is 0.588. The van der Waals surface area contributed by atoms with E-state index in [0.29, 0.717) is 17.9 Å². The number of hydrogen-bond acceptors (Lipinski definition) is 2. The van der Waals surface area contributed by atoms with Crippen molar-refractivity contribution in [1.82, 2.24) is 5.32 Å². The lowest BCUT2D eigenvalue weighted by molar-refractivity contribution is -0.121. The van der Waals surface area contributed by atoms with Gasteiger partial charge in [0.25, 0.3) is 0 Å². The molecule has 110 valence electrons. The lowest BCUT2D eigenvalue weighted by Crippen LogP contribution is -2.33. The maximum atomic E-state index is 12.0. The summed E-state index contributed by atoms with van der Waals surface area (Å²) >= 11 is 0. The van der Waals surface area contributed by atoms with Gasteiger partial charge in [-0.25, -0.2) is 0 Å². The number of hydrogen-bond donors (Lipinski definition) is 1. The Bertz CT molecular complexity index is 468. The molecular weight excluding hydrogens is 250 g/mol. The van der Waals surface area contributed by atoms with Crippen molar-refractivity contribution in [3.63, 3.8) is 0 Å². The quantitative estimate of drug-likeness (QED) is 0.895. The summed E-state index contributed by atoms with van der Waals surface area (Å²) in [6.45, 7) is 4.55. The average Bonchev–Trinajstić information content (AvgIpc) is 2.76. The number of rotatable bonds is 5. The first-order chi connectivity index (χ1) is 9.48. The van der Waals surface area contributed by atoms with E-state index >= 15 is 0 Å². The van der Waals surface area contributed by atoms with Crippen LogP contribution in [-0.4, -0.2) is 19.1 Å². The van der Waals surface area contributed by atoms with Crippen LogP contribution in [-0.2, 0) is 11.2 Å². The fourth-order valence-electron chi connectivity index (χ4n) is 2.94. The molecule has 3 nitrogen and oxygen atoms in total. The van der Waals surface area contributed by atoms with Gasteiger partial charge in [-0.05, 0) is 48.8 Å². The first-order valence-electron chi connectivity index (χ1n) is 7.41. The number of benzene rings is 1. The summed E-state index contributed by atoms with van der Waals surface area (Å²) in [6, 6.07) is 8.28. The monoisotopic (exact) mass is 275 g/mol. The normalized spacial score (nSPS) is 20.6. The molecule has 1 aliphatic rings. The van der Waals surface area contributed by atoms with Gasteiger partial charge < -0.3 is 10.1 Å². The van der Waals surface area contributed by atoms with Gasteiger partial charge in [-0.3, -0.25) is 4.79 Å². The maximum absolute atomic E-state index is 12.0. The Labute approximate surface area is 121 Å². The summed E-state index contributed by atoms with van der Waals surface area (Å²) in [4.78, 5) is 12.0. The minimum Gasteiger partial charge on any atom is -0.497 e. The zero-order valence-electron chi connectivity index (χ0n) is 12.7. The fourth-order valence-corrected chi connectivity index (χ4v) is 2.94. The SMILES string of the molecule is COc1cccc(CCC(=O)NC2CCC(C)(C)C2)c1. The van der Waals surface area contributed by atoms with E-state index in [9.17, 15) is 4.79 Å². The molecule has 1 aliphatic carbocycles. The molecule has 1 unspecified atom stereocenters. The summed E-state index contributed by atoms with van der Waals surface area (Å²) < 4.78 is 5.19. The van der Waals surface area contributed by atoms with Crippen LogP contribution < -0.4 is 10.1 Å². The Morgan fingerprint density at radius 2 is 2.25 bits per heavy atom. The molecule has 0 aromatic heterocycles. The van der Waals surface area contributed by atoms with E-state index in [0.717, 1.165) is 30.6 Å². The first-order valence-corrected chi connectivity index (χ1v) is 7.41. The van der Waals surface area contributed by atoms with E-state index < -0.39 is 0 Å². The summed E-state index contributed by atoms with van der Waals surface area (Å²) in [5, 5.41) is 3.16. The van der Waals surface area contributed by atoms with Gasteiger partial charge in [0.15, 0.2) is 0 Å². The van der Waals surface area contributed by atoms with Crippen LogP contribution in [0.1, 0.15) is 45.1 Å². The second-order valence-electron chi connectivity index (χ2n) is 6.52. The number of amides is 1. The van der Waals surface area contributed by atoms with Crippen LogP contribution >= 0.6 is 0 Å². The Kier molecular flexibility index (Phi) is 4.69. The smallest absolute Gasteiger partial charge is 0.220 e. The van der Waals surface area contributed by atoms with Crippen LogP contribution in [0.25, 0.3) is 0 Å². The van der Waals surface area contributed by atoms with Gasteiger partial charge in [0.1, 0.15) is 5.75 Å². The largest absolute Gasteiger partial charge is 0.497 e. The Morgan fingerprint density at radius 3 is 2.90 bits per heavy atom. The number of methoxy groups -OCH3 is 1. The van der Waals surface area contributed by atoms with Crippen molar-refractivity contribution in [2.45, 2.75) is 52.0 Å². The molecule has 0 radical (unpaired) electrons. The van der Waals surface area contributed by atoms with Gasteiger partial charge in [-0.1, -0.05) is 26.0 Å². The molecular formula is C17H25NO2. The molecule has 1 fully saturated rings. The van der Waals surface area contributed by atoms with E-state index in [1.165, 1.54) is 6.42 Å². The van der Waals surface area contributed by atoms with Crippen LogP contribution in [0.2, 0.25) is 0 Å². The third-order valence-corrected chi connectivity index (χ3v) is 4.11. The van der Waals surface area contributed by atoms with Crippen molar-refractivity contribution >= 4 is 5.91 Å². The molecule has 1 saturated carbocycles. The molecule has 1 N–H and O–H groups in total. The van der Waals surface area contributed by atoms with E-state index in [4.69, 9.17) is 4.74 Å². The molecule has 0 bridgehead atoms. The zero-order chi connectivity index (χ0) is 14.6. The van der Waals surface area contributed by atoms with Gasteiger partial charge in [0, 0.05) is 12.5 Å². The van der Waals surface area contributed by atoms with E-state index in [1.807, 2.05) is 24.3 Å². The summed E-state index contributed by atoms with van der Waals surface area (Å²) in [5.74, 6) is 1.01. The molecule has 0 spiro atoms. The third-order valence-electron chi connectivity index (χ3n) is 4.11.